The molecule has 2 aliphatic heterocycles. The van der Waals surface area contributed by atoms with Crippen molar-refractivity contribution in [3.8, 4) is 17.4 Å². The van der Waals surface area contributed by atoms with Crippen molar-refractivity contribution in [3.63, 3.8) is 0 Å². The minimum absolute atomic E-state index is 0.0298. The van der Waals surface area contributed by atoms with E-state index in [0.29, 0.717) is 40.1 Å². The number of piperidine rings is 1. The van der Waals surface area contributed by atoms with Gasteiger partial charge in [0.1, 0.15) is 11.5 Å². The van der Waals surface area contributed by atoms with Crippen molar-refractivity contribution in [2.45, 2.75) is 44.2 Å². The first-order chi connectivity index (χ1) is 19.3. The zero-order valence-electron chi connectivity index (χ0n) is 23.3. The number of nitrogens with one attached hydrogen (secondary N) is 2. The zero-order chi connectivity index (χ0) is 28.0. The number of aryl methyl sites for hydroxylation is 1. The number of methoxy groups -OCH3 is 1. The largest absolute Gasteiger partial charge is 0.495 e. The predicted molar refractivity (Wildman–Crippen MR) is 151 cm³/mol. The number of hydrogen-bond acceptors (Lipinski definition) is 8. The minimum Gasteiger partial charge on any atom is -0.495 e. The third-order valence-electron chi connectivity index (χ3n) is 8.31. The smallest absolute Gasteiger partial charge is 0.258 e. The summed E-state index contributed by atoms with van der Waals surface area (Å²) < 4.78 is 11.8. The number of amides is 2. The molecule has 0 radical (unpaired) electrons. The lowest BCUT2D eigenvalue weighted by atomic mass is 10.0. The van der Waals surface area contributed by atoms with Crippen molar-refractivity contribution in [1.29, 1.82) is 0 Å². The van der Waals surface area contributed by atoms with Crippen LogP contribution in [0, 0.1) is 6.92 Å². The lowest BCUT2D eigenvalue weighted by molar-refractivity contribution is 0.0753. The van der Waals surface area contributed by atoms with Gasteiger partial charge in [0.15, 0.2) is 0 Å². The molecule has 0 unspecified atom stereocenters. The average molecular weight is 543 g/mol. The van der Waals surface area contributed by atoms with Gasteiger partial charge in [-0.2, -0.15) is 4.98 Å². The average Bonchev–Trinajstić information content (AvgIpc) is 3.74. The molecule has 1 spiro atoms. The van der Waals surface area contributed by atoms with E-state index in [1.54, 1.807) is 37.6 Å². The highest BCUT2D eigenvalue weighted by atomic mass is 16.5. The molecular weight excluding hydrogens is 508 g/mol. The van der Waals surface area contributed by atoms with Gasteiger partial charge in [-0.15, -0.1) is 0 Å². The number of benzene rings is 2. The van der Waals surface area contributed by atoms with Crippen LogP contribution in [0.1, 0.15) is 57.5 Å². The number of nitrogens with zero attached hydrogens (tertiary/aromatic N) is 4. The monoisotopic (exact) mass is 542 g/mol. The molecule has 10 heteroatoms. The van der Waals surface area contributed by atoms with Crippen LogP contribution in [-0.2, 0) is 5.54 Å². The summed E-state index contributed by atoms with van der Waals surface area (Å²) in [6.07, 6.45) is 5.47. The summed E-state index contributed by atoms with van der Waals surface area (Å²) in [5.41, 5.74) is 3.30. The molecule has 2 amide bonds. The zero-order valence-corrected chi connectivity index (χ0v) is 23.3. The van der Waals surface area contributed by atoms with E-state index in [1.807, 2.05) is 31.0 Å². The van der Waals surface area contributed by atoms with Crippen LogP contribution in [0.15, 0.2) is 42.6 Å². The lowest BCUT2D eigenvalue weighted by Crippen LogP contribution is -2.43. The number of rotatable bonds is 7. The van der Waals surface area contributed by atoms with Crippen LogP contribution in [0.5, 0.6) is 17.4 Å². The van der Waals surface area contributed by atoms with Gasteiger partial charge in [-0.1, -0.05) is 12.1 Å². The van der Waals surface area contributed by atoms with E-state index < -0.39 is 0 Å². The van der Waals surface area contributed by atoms with Crippen molar-refractivity contribution < 1.29 is 19.1 Å². The Kier molecular flexibility index (Phi) is 6.58. The number of hydrogen-bond donors (Lipinski definition) is 2. The topological polar surface area (TPSA) is 109 Å². The minimum atomic E-state index is -0.189. The molecule has 1 saturated heterocycles. The van der Waals surface area contributed by atoms with Crippen LogP contribution >= 0.6 is 0 Å². The molecule has 2 aromatic carbocycles. The molecule has 6 rings (SSSR count). The SMILES string of the molecule is COc1cc(C(=O)NC2CCN(C)CC2)ccc1Nc1ncc(C)c(Oc2cccc3c2C(=O)N(C)C32CC2)n1. The Morgan fingerprint density at radius 2 is 1.88 bits per heavy atom. The maximum Gasteiger partial charge on any atom is 0.258 e. The lowest BCUT2D eigenvalue weighted by Gasteiger charge is -2.29. The normalized spacial score (nSPS) is 18.0. The van der Waals surface area contributed by atoms with Crippen LogP contribution in [0.3, 0.4) is 0 Å². The summed E-state index contributed by atoms with van der Waals surface area (Å²) in [5.74, 6) is 1.49. The molecule has 0 atom stereocenters. The fourth-order valence-electron chi connectivity index (χ4n) is 5.66. The summed E-state index contributed by atoms with van der Waals surface area (Å²) in [7, 11) is 5.51. The first-order valence-corrected chi connectivity index (χ1v) is 13.7. The van der Waals surface area contributed by atoms with Crippen LogP contribution in [0.2, 0.25) is 0 Å². The molecule has 1 aliphatic carbocycles. The van der Waals surface area contributed by atoms with Crippen molar-refractivity contribution in [3.05, 3.63) is 64.8 Å². The Morgan fingerprint density at radius 3 is 2.60 bits per heavy atom. The van der Waals surface area contributed by atoms with E-state index >= 15 is 0 Å². The summed E-state index contributed by atoms with van der Waals surface area (Å²) in [5, 5.41) is 6.32. The summed E-state index contributed by atoms with van der Waals surface area (Å²) in [6, 6.07) is 11.2. The predicted octanol–water partition coefficient (Wildman–Crippen LogP) is 4.23. The highest BCUT2D eigenvalue weighted by Crippen LogP contribution is 2.57. The van der Waals surface area contributed by atoms with Crippen molar-refractivity contribution >= 4 is 23.5 Å². The van der Waals surface area contributed by atoms with Gasteiger partial charge in [-0.3, -0.25) is 9.59 Å². The molecule has 0 bridgehead atoms. The molecule has 208 valence electrons. The molecule has 2 N–H and O–H groups in total. The number of ether oxygens (including phenoxy) is 2. The van der Waals surface area contributed by atoms with Crippen molar-refractivity contribution in [2.75, 3.05) is 39.6 Å². The van der Waals surface area contributed by atoms with E-state index in [4.69, 9.17) is 9.47 Å². The van der Waals surface area contributed by atoms with E-state index in [0.717, 1.165) is 49.9 Å². The molecule has 3 aromatic rings. The molecule has 10 nitrogen and oxygen atoms in total. The summed E-state index contributed by atoms with van der Waals surface area (Å²) in [4.78, 5) is 39.1. The maximum absolute atomic E-state index is 13.1. The van der Waals surface area contributed by atoms with E-state index in [-0.39, 0.29) is 23.4 Å². The van der Waals surface area contributed by atoms with Gasteiger partial charge in [0.25, 0.3) is 11.8 Å². The summed E-state index contributed by atoms with van der Waals surface area (Å²) >= 11 is 0. The molecule has 1 aromatic heterocycles. The van der Waals surface area contributed by atoms with Crippen LogP contribution in [-0.4, -0.2) is 71.9 Å². The first-order valence-electron chi connectivity index (χ1n) is 13.7. The van der Waals surface area contributed by atoms with Gasteiger partial charge in [0, 0.05) is 30.4 Å². The Bertz CT molecular complexity index is 1480. The fraction of sp³-hybridized carbons (Fsp3) is 0.400. The van der Waals surface area contributed by atoms with Gasteiger partial charge in [-0.25, -0.2) is 4.98 Å². The molecule has 3 heterocycles. The van der Waals surface area contributed by atoms with Gasteiger partial charge in [-0.05, 0) is 82.6 Å². The molecule has 3 aliphatic rings. The second-order valence-electron chi connectivity index (χ2n) is 10.9. The number of aromatic nitrogens is 2. The molecule has 2 fully saturated rings. The molecular formula is C30H34N6O4. The second-order valence-corrected chi connectivity index (χ2v) is 10.9. The number of carbonyl (C=O) groups excluding carboxylic acids is 2. The first kappa shape index (κ1) is 26.1. The Balaban J connectivity index is 1.20. The van der Waals surface area contributed by atoms with Crippen LogP contribution in [0.25, 0.3) is 0 Å². The quantitative estimate of drug-likeness (QED) is 0.457. The number of fused-ring (bicyclic) bond motifs is 2. The Labute approximate surface area is 233 Å². The Hall–Kier alpha value is -4.18. The number of carbonyl (C=O) groups is 2. The molecule has 40 heavy (non-hydrogen) atoms. The highest BCUT2D eigenvalue weighted by Gasteiger charge is 2.57. The van der Waals surface area contributed by atoms with Crippen molar-refractivity contribution in [1.82, 2.24) is 25.1 Å². The standard InChI is InChI=1S/C30H34N6O4/c1-18-17-31-29(34-27(18)40-23-7-5-6-21-25(23)28(38)36(3)30(21)12-13-30)33-22-9-8-19(16-24(22)39-4)26(37)32-20-10-14-35(2)15-11-20/h5-9,16-17,20H,10-15H2,1-4H3,(H,32,37)(H,31,33,34). The third kappa shape index (κ3) is 4.62. The van der Waals surface area contributed by atoms with Crippen LogP contribution < -0.4 is 20.1 Å². The number of likely N-dealkylation sites (tertiary alicyclic amines) is 1. The van der Waals surface area contributed by atoms with Crippen LogP contribution in [0.4, 0.5) is 11.6 Å². The highest BCUT2D eigenvalue weighted by molar-refractivity contribution is 6.03. The van der Waals surface area contributed by atoms with Gasteiger partial charge < -0.3 is 29.9 Å². The number of anilines is 2. The summed E-state index contributed by atoms with van der Waals surface area (Å²) in [6.45, 7) is 3.80. The maximum atomic E-state index is 13.1. The van der Waals surface area contributed by atoms with Gasteiger partial charge >= 0.3 is 0 Å². The van der Waals surface area contributed by atoms with E-state index in [1.165, 1.54) is 0 Å². The third-order valence-corrected chi connectivity index (χ3v) is 8.31. The second kappa shape index (κ2) is 10.1. The van der Waals surface area contributed by atoms with E-state index in [9.17, 15) is 9.59 Å². The van der Waals surface area contributed by atoms with E-state index in [2.05, 4.69) is 32.5 Å². The fourth-order valence-corrected chi connectivity index (χ4v) is 5.66. The van der Waals surface area contributed by atoms with Gasteiger partial charge in [0.2, 0.25) is 11.8 Å². The van der Waals surface area contributed by atoms with Gasteiger partial charge in [0.05, 0.1) is 23.9 Å². The van der Waals surface area contributed by atoms with Crippen molar-refractivity contribution in [2.24, 2.45) is 0 Å². The Morgan fingerprint density at radius 1 is 1.10 bits per heavy atom. The molecule has 1 saturated carbocycles.